The van der Waals surface area contributed by atoms with Crippen LogP contribution in [0.4, 0.5) is 0 Å². The largest absolute Gasteiger partial charge is 0.493 e. The lowest BCUT2D eigenvalue weighted by Gasteiger charge is -2.21. The minimum absolute atomic E-state index is 0.753. The molecule has 0 bridgehead atoms. The minimum atomic E-state index is 0.753. The monoisotopic (exact) mass is 249 g/mol. The summed E-state index contributed by atoms with van der Waals surface area (Å²) in [7, 11) is 5.90. The lowest BCUT2D eigenvalue weighted by atomic mass is 9.98. The third kappa shape index (κ3) is 2.96. The van der Waals surface area contributed by atoms with Gasteiger partial charge in [-0.05, 0) is 51.4 Å². The molecule has 0 atom stereocenters. The number of hydrogen-bond donors (Lipinski definition) is 0. The minimum Gasteiger partial charge on any atom is -0.493 e. The van der Waals surface area contributed by atoms with Crippen molar-refractivity contribution in [2.24, 2.45) is 0 Å². The molecule has 100 valence electrons. The van der Waals surface area contributed by atoms with E-state index >= 15 is 0 Å². The average molecular weight is 249 g/mol. The summed E-state index contributed by atoms with van der Waals surface area (Å²) in [6.45, 7) is 1.81. The summed E-state index contributed by atoms with van der Waals surface area (Å²) in [4.78, 5) is 2.17. The molecule has 0 unspecified atom stereocenters. The first-order chi connectivity index (χ1) is 8.72. The van der Waals surface area contributed by atoms with Gasteiger partial charge in [0.25, 0.3) is 0 Å². The van der Waals surface area contributed by atoms with E-state index in [9.17, 15) is 0 Å². The van der Waals surface area contributed by atoms with Crippen molar-refractivity contribution in [3.05, 3.63) is 34.8 Å². The lowest BCUT2D eigenvalue weighted by Crippen LogP contribution is -2.15. The van der Waals surface area contributed by atoms with Crippen LogP contribution in [0.3, 0.4) is 0 Å². The predicted octanol–water partition coefficient (Wildman–Crippen LogP) is 2.86. The first-order valence-electron chi connectivity index (χ1n) is 6.67. The van der Waals surface area contributed by atoms with Crippen molar-refractivity contribution >= 4 is 0 Å². The lowest BCUT2D eigenvalue weighted by molar-refractivity contribution is 0.163. The Bertz CT molecular complexity index is 391. The Balaban J connectivity index is 1.93. The van der Waals surface area contributed by atoms with Crippen LogP contribution in [0.5, 0.6) is 0 Å². The molecule has 18 heavy (non-hydrogen) atoms. The maximum atomic E-state index is 5.87. The zero-order valence-corrected chi connectivity index (χ0v) is 11.7. The number of rotatable bonds is 6. The van der Waals surface area contributed by atoms with E-state index in [1.807, 2.05) is 0 Å². The predicted molar refractivity (Wildman–Crippen MR) is 73.2 cm³/mol. The maximum Gasteiger partial charge on any atom is 0.163 e. The summed E-state index contributed by atoms with van der Waals surface area (Å²) in [5, 5.41) is 0. The van der Waals surface area contributed by atoms with E-state index in [4.69, 9.17) is 9.47 Å². The number of hydrogen-bond acceptors (Lipinski definition) is 3. The van der Waals surface area contributed by atoms with Crippen molar-refractivity contribution in [3.63, 3.8) is 0 Å². The Hall–Kier alpha value is -1.22. The number of allylic oxidation sites excluding steroid dienone is 4. The molecule has 0 saturated carbocycles. The summed E-state index contributed by atoms with van der Waals surface area (Å²) in [5.41, 5.74) is 2.77. The van der Waals surface area contributed by atoms with E-state index in [-0.39, 0.29) is 0 Å². The number of ether oxygens (including phenoxy) is 2. The second kappa shape index (κ2) is 6.10. The van der Waals surface area contributed by atoms with Crippen LogP contribution in [-0.2, 0) is 9.47 Å². The van der Waals surface area contributed by atoms with Crippen LogP contribution in [-0.4, -0.2) is 39.3 Å². The molecule has 2 aliphatic carbocycles. The Morgan fingerprint density at radius 3 is 2.83 bits per heavy atom. The normalized spacial score (nSPS) is 18.7. The van der Waals surface area contributed by atoms with Gasteiger partial charge in [-0.3, -0.25) is 0 Å². The Morgan fingerprint density at radius 1 is 1.28 bits per heavy atom. The number of methoxy groups -OCH3 is 1. The zero-order chi connectivity index (χ0) is 13.0. The zero-order valence-electron chi connectivity index (χ0n) is 11.7. The van der Waals surface area contributed by atoms with Gasteiger partial charge in [-0.15, -0.1) is 0 Å². The smallest absolute Gasteiger partial charge is 0.163 e. The van der Waals surface area contributed by atoms with E-state index in [2.05, 4.69) is 31.1 Å². The molecule has 0 aromatic heterocycles. The molecule has 0 N–H and O–H groups in total. The highest BCUT2D eigenvalue weighted by atomic mass is 16.5. The summed E-state index contributed by atoms with van der Waals surface area (Å²) in [6.07, 6.45) is 8.73. The van der Waals surface area contributed by atoms with Gasteiger partial charge < -0.3 is 14.4 Å². The SMILES string of the molecule is COC1=C2CCC=C2CC=C1OCCCN(C)C. The van der Waals surface area contributed by atoms with Gasteiger partial charge in [0.05, 0.1) is 13.7 Å². The van der Waals surface area contributed by atoms with Crippen LogP contribution in [0.15, 0.2) is 34.8 Å². The molecule has 0 spiro atoms. The second-order valence-electron chi connectivity index (χ2n) is 5.06. The molecule has 3 nitrogen and oxygen atoms in total. The van der Waals surface area contributed by atoms with Gasteiger partial charge in [-0.25, -0.2) is 0 Å². The molecule has 0 radical (unpaired) electrons. The van der Waals surface area contributed by atoms with Crippen molar-refractivity contribution in [3.8, 4) is 0 Å². The summed E-state index contributed by atoms with van der Waals surface area (Å²) < 4.78 is 11.4. The summed E-state index contributed by atoms with van der Waals surface area (Å²) >= 11 is 0. The molecule has 0 amide bonds. The molecule has 0 heterocycles. The van der Waals surface area contributed by atoms with Crippen LogP contribution in [0, 0.1) is 0 Å². The maximum absolute atomic E-state index is 5.87. The standard InChI is InChI=1S/C15H23NO2/c1-16(2)10-5-11-18-14-9-8-12-6-4-7-13(12)15(14)17-3/h6,9H,4-5,7-8,10-11H2,1-3H3. The third-order valence-corrected chi connectivity index (χ3v) is 3.39. The van der Waals surface area contributed by atoms with Gasteiger partial charge in [0.2, 0.25) is 0 Å². The van der Waals surface area contributed by atoms with Gasteiger partial charge in [0, 0.05) is 12.1 Å². The summed E-state index contributed by atoms with van der Waals surface area (Å²) in [6, 6.07) is 0. The molecule has 0 fully saturated rings. The average Bonchev–Trinajstić information content (AvgIpc) is 2.82. The highest BCUT2D eigenvalue weighted by molar-refractivity contribution is 5.48. The van der Waals surface area contributed by atoms with Crippen molar-refractivity contribution in [2.45, 2.75) is 25.7 Å². The van der Waals surface area contributed by atoms with Crippen LogP contribution in [0.25, 0.3) is 0 Å². The molecule has 0 aliphatic heterocycles. The van der Waals surface area contributed by atoms with E-state index in [1.54, 1.807) is 7.11 Å². The van der Waals surface area contributed by atoms with E-state index < -0.39 is 0 Å². The molecule has 0 aromatic rings. The first kappa shape index (κ1) is 13.2. The van der Waals surface area contributed by atoms with E-state index in [0.717, 1.165) is 50.4 Å². The molecule has 2 aliphatic rings. The molecule has 0 aromatic carbocycles. The highest BCUT2D eigenvalue weighted by Crippen LogP contribution is 2.37. The molecular weight excluding hydrogens is 226 g/mol. The molecule has 0 saturated heterocycles. The highest BCUT2D eigenvalue weighted by Gasteiger charge is 2.24. The Morgan fingerprint density at radius 2 is 2.11 bits per heavy atom. The van der Waals surface area contributed by atoms with Crippen LogP contribution >= 0.6 is 0 Å². The topological polar surface area (TPSA) is 21.7 Å². The van der Waals surface area contributed by atoms with Gasteiger partial charge >= 0.3 is 0 Å². The number of fused-ring (bicyclic) bond motifs is 1. The van der Waals surface area contributed by atoms with Crippen molar-refractivity contribution in [2.75, 3.05) is 34.4 Å². The van der Waals surface area contributed by atoms with Gasteiger partial charge in [0.1, 0.15) is 0 Å². The van der Waals surface area contributed by atoms with Crippen LogP contribution in [0.1, 0.15) is 25.7 Å². The van der Waals surface area contributed by atoms with Gasteiger partial charge in [-0.1, -0.05) is 6.08 Å². The van der Waals surface area contributed by atoms with E-state index in [0.29, 0.717) is 0 Å². The van der Waals surface area contributed by atoms with Crippen LogP contribution in [0.2, 0.25) is 0 Å². The van der Waals surface area contributed by atoms with E-state index in [1.165, 1.54) is 11.1 Å². The van der Waals surface area contributed by atoms with Crippen molar-refractivity contribution in [1.29, 1.82) is 0 Å². The van der Waals surface area contributed by atoms with Gasteiger partial charge in [-0.2, -0.15) is 0 Å². The number of nitrogens with zero attached hydrogens (tertiary/aromatic N) is 1. The Kier molecular flexibility index (Phi) is 4.48. The Labute approximate surface area is 110 Å². The molecular formula is C15H23NO2. The third-order valence-electron chi connectivity index (χ3n) is 3.39. The van der Waals surface area contributed by atoms with Crippen molar-refractivity contribution in [1.82, 2.24) is 4.90 Å². The summed E-state index contributed by atoms with van der Waals surface area (Å²) in [5.74, 6) is 1.89. The van der Waals surface area contributed by atoms with Gasteiger partial charge in [0.15, 0.2) is 11.5 Å². The van der Waals surface area contributed by atoms with Crippen LogP contribution < -0.4 is 0 Å². The quantitative estimate of drug-likeness (QED) is 0.676. The fourth-order valence-corrected chi connectivity index (χ4v) is 2.50. The van der Waals surface area contributed by atoms with Crippen molar-refractivity contribution < 1.29 is 9.47 Å². The molecule has 3 heteroatoms. The fraction of sp³-hybridized carbons (Fsp3) is 0.600. The first-order valence-corrected chi connectivity index (χ1v) is 6.67. The fourth-order valence-electron chi connectivity index (χ4n) is 2.50. The second-order valence-corrected chi connectivity index (χ2v) is 5.06. The molecule has 2 rings (SSSR count).